The van der Waals surface area contributed by atoms with Gasteiger partial charge in [-0.3, -0.25) is 4.79 Å². The maximum absolute atomic E-state index is 12.0. The van der Waals surface area contributed by atoms with Gasteiger partial charge in [0, 0.05) is 12.1 Å². The van der Waals surface area contributed by atoms with Crippen molar-refractivity contribution in [1.29, 1.82) is 0 Å². The maximum atomic E-state index is 12.0. The Morgan fingerprint density at radius 3 is 2.67 bits per heavy atom. The van der Waals surface area contributed by atoms with Crippen LogP contribution in [0.4, 0.5) is 5.69 Å². The minimum absolute atomic E-state index is 0.134. The Balaban J connectivity index is 1.65. The fourth-order valence-electron chi connectivity index (χ4n) is 2.09. The molecule has 2 N–H and O–H groups in total. The van der Waals surface area contributed by atoms with Gasteiger partial charge in [0.15, 0.2) is 5.82 Å². The Morgan fingerprint density at radius 1 is 1.24 bits per heavy atom. The monoisotopic (exact) mass is 284 g/mol. The lowest BCUT2D eigenvalue weighted by Gasteiger charge is -2.22. The molecule has 1 aromatic heterocycles. The van der Waals surface area contributed by atoms with Gasteiger partial charge in [-0.15, -0.1) is 0 Å². The van der Waals surface area contributed by atoms with Crippen LogP contribution in [0.25, 0.3) is 11.4 Å². The molecule has 2 heterocycles. The number of morpholine rings is 1. The Hall–Kier alpha value is -2.31. The van der Waals surface area contributed by atoms with Crippen LogP contribution < -0.4 is 10.6 Å². The first-order valence-electron chi connectivity index (χ1n) is 6.82. The molecule has 0 saturated carbocycles. The molecule has 1 unspecified atom stereocenters. The van der Waals surface area contributed by atoms with Gasteiger partial charge in [-0.2, -0.15) is 0 Å². The molecule has 2 aromatic rings. The second-order valence-electron chi connectivity index (χ2n) is 4.73. The highest BCUT2D eigenvalue weighted by molar-refractivity contribution is 5.94. The van der Waals surface area contributed by atoms with Gasteiger partial charge in [0.1, 0.15) is 6.04 Å². The summed E-state index contributed by atoms with van der Waals surface area (Å²) in [4.78, 5) is 20.6. The van der Waals surface area contributed by atoms with Crippen molar-refractivity contribution < 1.29 is 9.53 Å². The summed E-state index contributed by atoms with van der Waals surface area (Å²) >= 11 is 0. The molecule has 6 nitrogen and oxygen atoms in total. The number of nitrogens with one attached hydrogen (secondary N) is 2. The number of benzene rings is 1. The zero-order valence-corrected chi connectivity index (χ0v) is 11.5. The summed E-state index contributed by atoms with van der Waals surface area (Å²) in [6, 6.07) is 9.37. The first-order chi connectivity index (χ1) is 10.3. The number of nitrogens with zero attached hydrogens (tertiary/aromatic N) is 2. The highest BCUT2D eigenvalue weighted by Gasteiger charge is 2.21. The van der Waals surface area contributed by atoms with Gasteiger partial charge in [-0.25, -0.2) is 9.97 Å². The molecular weight excluding hydrogens is 268 g/mol. The zero-order chi connectivity index (χ0) is 14.5. The van der Waals surface area contributed by atoms with Crippen molar-refractivity contribution in [2.45, 2.75) is 6.04 Å². The van der Waals surface area contributed by atoms with Gasteiger partial charge in [-0.1, -0.05) is 30.3 Å². The number of hydrogen-bond donors (Lipinski definition) is 2. The van der Waals surface area contributed by atoms with Gasteiger partial charge in [0.2, 0.25) is 5.91 Å². The van der Waals surface area contributed by atoms with Gasteiger partial charge < -0.3 is 15.4 Å². The van der Waals surface area contributed by atoms with Crippen LogP contribution in [0.15, 0.2) is 42.7 Å². The van der Waals surface area contributed by atoms with Crippen molar-refractivity contribution in [3.8, 4) is 11.4 Å². The second-order valence-corrected chi connectivity index (χ2v) is 4.73. The molecule has 108 valence electrons. The average Bonchev–Trinajstić information content (AvgIpc) is 2.57. The number of rotatable bonds is 3. The highest BCUT2D eigenvalue weighted by atomic mass is 16.5. The SMILES string of the molecule is O=C(Nc1cnc(-c2ccccc2)nc1)C1COCCN1. The van der Waals surface area contributed by atoms with Crippen LogP contribution >= 0.6 is 0 Å². The molecule has 1 fully saturated rings. The van der Waals surface area contributed by atoms with E-state index in [9.17, 15) is 4.79 Å². The number of aromatic nitrogens is 2. The predicted molar refractivity (Wildman–Crippen MR) is 78.7 cm³/mol. The quantitative estimate of drug-likeness (QED) is 0.881. The van der Waals surface area contributed by atoms with Crippen molar-refractivity contribution in [2.24, 2.45) is 0 Å². The molecule has 1 aromatic carbocycles. The van der Waals surface area contributed by atoms with Crippen molar-refractivity contribution in [2.75, 3.05) is 25.1 Å². The molecule has 1 aliphatic heterocycles. The minimum Gasteiger partial charge on any atom is -0.378 e. The van der Waals surface area contributed by atoms with Gasteiger partial charge in [-0.05, 0) is 0 Å². The number of carbonyl (C=O) groups is 1. The standard InChI is InChI=1S/C15H16N4O2/c20-15(13-10-21-7-6-16-13)19-12-8-17-14(18-9-12)11-4-2-1-3-5-11/h1-5,8-9,13,16H,6-7,10H2,(H,19,20). The second kappa shape index (κ2) is 6.43. The largest absolute Gasteiger partial charge is 0.378 e. The number of anilines is 1. The number of ether oxygens (including phenoxy) is 1. The van der Waals surface area contributed by atoms with Gasteiger partial charge in [0.25, 0.3) is 0 Å². The van der Waals surface area contributed by atoms with E-state index in [1.807, 2.05) is 30.3 Å². The van der Waals surface area contributed by atoms with E-state index in [4.69, 9.17) is 4.74 Å². The van der Waals surface area contributed by atoms with Crippen LogP contribution in [-0.2, 0) is 9.53 Å². The van der Waals surface area contributed by atoms with E-state index >= 15 is 0 Å². The van der Waals surface area contributed by atoms with E-state index in [-0.39, 0.29) is 11.9 Å². The third-order valence-corrected chi connectivity index (χ3v) is 3.19. The van der Waals surface area contributed by atoms with Crippen LogP contribution in [-0.4, -0.2) is 41.7 Å². The predicted octanol–water partition coefficient (Wildman–Crippen LogP) is 1.07. The molecule has 1 saturated heterocycles. The molecule has 1 amide bonds. The first-order valence-corrected chi connectivity index (χ1v) is 6.82. The summed E-state index contributed by atoms with van der Waals surface area (Å²) in [6.07, 6.45) is 3.22. The van der Waals surface area contributed by atoms with E-state index in [0.29, 0.717) is 31.3 Å². The summed E-state index contributed by atoms with van der Waals surface area (Å²) in [5, 5.41) is 5.88. The molecule has 1 atom stereocenters. The Morgan fingerprint density at radius 2 is 2.00 bits per heavy atom. The smallest absolute Gasteiger partial charge is 0.243 e. The van der Waals surface area contributed by atoms with Crippen LogP contribution in [0.1, 0.15) is 0 Å². The Kier molecular flexibility index (Phi) is 4.18. The van der Waals surface area contributed by atoms with Crippen LogP contribution in [0.3, 0.4) is 0 Å². The molecule has 0 bridgehead atoms. The normalized spacial score (nSPS) is 18.2. The lowest BCUT2D eigenvalue weighted by molar-refractivity contribution is -0.120. The van der Waals surface area contributed by atoms with Crippen LogP contribution in [0.2, 0.25) is 0 Å². The number of carbonyl (C=O) groups excluding carboxylic acids is 1. The van der Waals surface area contributed by atoms with Crippen molar-refractivity contribution in [3.63, 3.8) is 0 Å². The molecule has 0 spiro atoms. The highest BCUT2D eigenvalue weighted by Crippen LogP contribution is 2.14. The lowest BCUT2D eigenvalue weighted by atomic mass is 10.2. The molecule has 1 aliphatic rings. The van der Waals surface area contributed by atoms with Gasteiger partial charge in [0.05, 0.1) is 31.3 Å². The topological polar surface area (TPSA) is 76.1 Å². The van der Waals surface area contributed by atoms with Crippen molar-refractivity contribution in [3.05, 3.63) is 42.7 Å². The summed E-state index contributed by atoms with van der Waals surface area (Å²) < 4.78 is 5.26. The van der Waals surface area contributed by atoms with E-state index < -0.39 is 0 Å². The molecular formula is C15H16N4O2. The molecule has 6 heteroatoms. The average molecular weight is 284 g/mol. The first kappa shape index (κ1) is 13.7. The Labute approximate surface area is 122 Å². The fraction of sp³-hybridized carbons (Fsp3) is 0.267. The number of amides is 1. The molecule has 3 rings (SSSR count). The van der Waals surface area contributed by atoms with Crippen LogP contribution in [0.5, 0.6) is 0 Å². The third-order valence-electron chi connectivity index (χ3n) is 3.19. The number of hydrogen-bond acceptors (Lipinski definition) is 5. The van der Waals surface area contributed by atoms with E-state index in [1.165, 1.54) is 0 Å². The van der Waals surface area contributed by atoms with Crippen molar-refractivity contribution >= 4 is 11.6 Å². The van der Waals surface area contributed by atoms with Gasteiger partial charge >= 0.3 is 0 Å². The van der Waals surface area contributed by atoms with E-state index in [0.717, 1.165) is 5.56 Å². The Bertz CT molecular complexity index is 595. The summed E-state index contributed by atoms with van der Waals surface area (Å²) in [5.41, 5.74) is 1.52. The lowest BCUT2D eigenvalue weighted by Crippen LogP contribution is -2.48. The summed E-state index contributed by atoms with van der Waals surface area (Å²) in [5.74, 6) is 0.499. The van der Waals surface area contributed by atoms with Crippen LogP contribution in [0, 0.1) is 0 Å². The summed E-state index contributed by atoms with van der Waals surface area (Å²) in [7, 11) is 0. The zero-order valence-electron chi connectivity index (χ0n) is 11.5. The molecule has 0 radical (unpaired) electrons. The van der Waals surface area contributed by atoms with E-state index in [2.05, 4.69) is 20.6 Å². The maximum Gasteiger partial charge on any atom is 0.243 e. The minimum atomic E-state index is -0.326. The van der Waals surface area contributed by atoms with E-state index in [1.54, 1.807) is 12.4 Å². The molecule has 0 aliphatic carbocycles. The fourth-order valence-corrected chi connectivity index (χ4v) is 2.09. The third kappa shape index (κ3) is 3.42. The van der Waals surface area contributed by atoms with Crippen molar-refractivity contribution in [1.82, 2.24) is 15.3 Å². The summed E-state index contributed by atoms with van der Waals surface area (Å²) in [6.45, 7) is 1.70. The molecule has 21 heavy (non-hydrogen) atoms.